The Kier molecular flexibility index (Phi) is 5.31. The summed E-state index contributed by atoms with van der Waals surface area (Å²) >= 11 is 0. The normalized spacial score (nSPS) is 13.9. The zero-order chi connectivity index (χ0) is 11.1. The summed E-state index contributed by atoms with van der Waals surface area (Å²) in [6.07, 6.45) is -0.750. The summed E-state index contributed by atoms with van der Waals surface area (Å²) in [5.41, 5.74) is 0. The molecule has 2 atom stereocenters. The van der Waals surface area contributed by atoms with E-state index in [2.05, 4.69) is 11.3 Å². The number of hydrogen-bond donors (Lipinski definition) is 3. The van der Waals surface area contributed by atoms with Crippen LogP contribution in [-0.4, -0.2) is 41.0 Å². The van der Waals surface area contributed by atoms with E-state index in [4.69, 9.17) is 10.2 Å². The van der Waals surface area contributed by atoms with Gasteiger partial charge in [-0.2, -0.15) is 0 Å². The van der Waals surface area contributed by atoms with Crippen LogP contribution >= 0.6 is 0 Å². The third-order valence-electron chi connectivity index (χ3n) is 1.35. The first kappa shape index (κ1) is 12.4. The van der Waals surface area contributed by atoms with Gasteiger partial charge in [-0.1, -0.05) is 12.7 Å². The zero-order valence-electron chi connectivity index (χ0n) is 7.77. The van der Waals surface area contributed by atoms with Gasteiger partial charge in [-0.05, 0) is 6.92 Å². The smallest absolute Gasteiger partial charge is 0.408 e. The minimum atomic E-state index is -1.37. The molecule has 0 saturated carbocycles. The highest BCUT2D eigenvalue weighted by Crippen LogP contribution is 1.93. The summed E-state index contributed by atoms with van der Waals surface area (Å²) in [5.74, 6) is -1.32. The Hall–Kier alpha value is -1.56. The molecule has 0 unspecified atom stereocenters. The molecule has 14 heavy (non-hydrogen) atoms. The molecule has 6 heteroatoms. The van der Waals surface area contributed by atoms with Gasteiger partial charge in [0.15, 0.2) is 6.04 Å². The number of ether oxygens (including phenoxy) is 1. The van der Waals surface area contributed by atoms with Crippen LogP contribution in [0.15, 0.2) is 12.7 Å². The van der Waals surface area contributed by atoms with Gasteiger partial charge in [-0.3, -0.25) is 0 Å². The van der Waals surface area contributed by atoms with E-state index in [1.54, 1.807) is 0 Å². The predicted molar refractivity (Wildman–Crippen MR) is 47.8 cm³/mol. The van der Waals surface area contributed by atoms with Gasteiger partial charge in [0, 0.05) is 0 Å². The van der Waals surface area contributed by atoms with E-state index < -0.39 is 24.2 Å². The molecule has 0 aromatic carbocycles. The summed E-state index contributed by atoms with van der Waals surface area (Å²) in [6.45, 7) is 4.55. The second kappa shape index (κ2) is 5.98. The van der Waals surface area contributed by atoms with E-state index in [0.717, 1.165) is 0 Å². The Labute approximate surface area is 81.2 Å². The summed E-state index contributed by atoms with van der Waals surface area (Å²) in [7, 11) is 0. The van der Waals surface area contributed by atoms with Crippen molar-refractivity contribution in [2.75, 3.05) is 6.61 Å². The number of alkyl carbamates (subject to hydrolysis) is 1. The SMILES string of the molecule is C=CCOC(=O)N[C@@H](C(=O)O)[C@H](C)O. The van der Waals surface area contributed by atoms with Crippen molar-refractivity contribution in [3.05, 3.63) is 12.7 Å². The van der Waals surface area contributed by atoms with Gasteiger partial charge in [0.2, 0.25) is 0 Å². The molecular weight excluding hydrogens is 190 g/mol. The number of carbonyl (C=O) groups excluding carboxylic acids is 1. The van der Waals surface area contributed by atoms with Gasteiger partial charge >= 0.3 is 12.1 Å². The molecule has 0 aliphatic rings. The van der Waals surface area contributed by atoms with Crippen LogP contribution in [-0.2, 0) is 9.53 Å². The van der Waals surface area contributed by atoms with Crippen LogP contribution in [0.4, 0.5) is 4.79 Å². The molecule has 0 aliphatic carbocycles. The quantitative estimate of drug-likeness (QED) is 0.534. The van der Waals surface area contributed by atoms with Crippen molar-refractivity contribution in [3.8, 4) is 0 Å². The molecule has 0 heterocycles. The molecule has 0 spiro atoms. The van der Waals surface area contributed by atoms with Crippen molar-refractivity contribution in [1.29, 1.82) is 0 Å². The van der Waals surface area contributed by atoms with Crippen LogP contribution in [0.1, 0.15) is 6.92 Å². The van der Waals surface area contributed by atoms with E-state index in [1.165, 1.54) is 13.0 Å². The van der Waals surface area contributed by atoms with Crippen LogP contribution in [0.25, 0.3) is 0 Å². The molecule has 0 aliphatic heterocycles. The standard InChI is InChI=1S/C8H13NO5/c1-3-4-14-8(13)9-6(5(2)10)7(11)12/h3,5-6,10H,1,4H2,2H3,(H,9,13)(H,11,12)/t5-,6+/m0/s1. The first-order valence-corrected chi connectivity index (χ1v) is 3.94. The third-order valence-corrected chi connectivity index (χ3v) is 1.35. The van der Waals surface area contributed by atoms with Crippen molar-refractivity contribution in [3.63, 3.8) is 0 Å². The number of carbonyl (C=O) groups is 2. The highest BCUT2D eigenvalue weighted by atomic mass is 16.5. The fourth-order valence-corrected chi connectivity index (χ4v) is 0.692. The molecule has 0 aromatic rings. The average molecular weight is 203 g/mol. The number of nitrogens with one attached hydrogen (secondary N) is 1. The Morgan fingerprint density at radius 1 is 1.64 bits per heavy atom. The third kappa shape index (κ3) is 4.46. The van der Waals surface area contributed by atoms with Gasteiger partial charge in [-0.15, -0.1) is 0 Å². The van der Waals surface area contributed by atoms with E-state index in [9.17, 15) is 9.59 Å². The number of carboxylic acids is 1. The Balaban J connectivity index is 4.09. The topological polar surface area (TPSA) is 95.9 Å². The van der Waals surface area contributed by atoms with Gasteiger partial charge < -0.3 is 20.3 Å². The van der Waals surface area contributed by atoms with Crippen LogP contribution in [0.3, 0.4) is 0 Å². The van der Waals surface area contributed by atoms with Crippen LogP contribution in [0.2, 0.25) is 0 Å². The number of amides is 1. The van der Waals surface area contributed by atoms with Gasteiger partial charge in [0.25, 0.3) is 0 Å². The second-order valence-corrected chi connectivity index (χ2v) is 2.59. The van der Waals surface area contributed by atoms with E-state index >= 15 is 0 Å². The van der Waals surface area contributed by atoms with Gasteiger partial charge in [0.1, 0.15) is 6.61 Å². The number of hydrogen-bond acceptors (Lipinski definition) is 4. The number of aliphatic carboxylic acids is 1. The summed E-state index contributed by atoms with van der Waals surface area (Å²) in [5, 5.41) is 19.5. The molecule has 0 saturated heterocycles. The summed E-state index contributed by atoms with van der Waals surface area (Å²) < 4.78 is 4.48. The largest absolute Gasteiger partial charge is 0.480 e. The minimum Gasteiger partial charge on any atom is -0.480 e. The van der Waals surface area contributed by atoms with E-state index in [0.29, 0.717) is 0 Å². The molecule has 0 radical (unpaired) electrons. The van der Waals surface area contributed by atoms with Crippen LogP contribution in [0, 0.1) is 0 Å². The zero-order valence-corrected chi connectivity index (χ0v) is 7.77. The monoisotopic (exact) mass is 203 g/mol. The number of aliphatic hydroxyl groups excluding tert-OH is 1. The Morgan fingerprint density at radius 3 is 2.57 bits per heavy atom. The molecule has 0 fully saturated rings. The predicted octanol–water partition coefficient (Wildman–Crippen LogP) is -0.267. The molecular formula is C8H13NO5. The highest BCUT2D eigenvalue weighted by molar-refractivity contribution is 5.80. The lowest BCUT2D eigenvalue weighted by Crippen LogP contribution is -2.47. The van der Waals surface area contributed by atoms with Crippen molar-refractivity contribution in [1.82, 2.24) is 5.32 Å². The Morgan fingerprint density at radius 2 is 2.21 bits per heavy atom. The molecule has 0 bridgehead atoms. The lowest BCUT2D eigenvalue weighted by Gasteiger charge is -2.16. The fraction of sp³-hybridized carbons (Fsp3) is 0.500. The first-order chi connectivity index (χ1) is 6.49. The van der Waals surface area contributed by atoms with Crippen molar-refractivity contribution in [2.45, 2.75) is 19.1 Å². The minimum absolute atomic E-state index is 0.0159. The molecule has 0 rings (SSSR count). The van der Waals surface area contributed by atoms with Crippen molar-refractivity contribution < 1.29 is 24.5 Å². The Bertz CT molecular complexity index is 226. The second-order valence-electron chi connectivity index (χ2n) is 2.59. The van der Waals surface area contributed by atoms with Crippen molar-refractivity contribution in [2.24, 2.45) is 0 Å². The average Bonchev–Trinajstić information content (AvgIpc) is 2.09. The summed E-state index contributed by atoms with van der Waals surface area (Å²) in [4.78, 5) is 21.4. The van der Waals surface area contributed by atoms with E-state index in [-0.39, 0.29) is 6.61 Å². The lowest BCUT2D eigenvalue weighted by atomic mass is 10.2. The van der Waals surface area contributed by atoms with Crippen molar-refractivity contribution >= 4 is 12.1 Å². The van der Waals surface area contributed by atoms with Crippen LogP contribution < -0.4 is 5.32 Å². The van der Waals surface area contributed by atoms with E-state index in [1.807, 2.05) is 5.32 Å². The molecule has 3 N–H and O–H groups in total. The highest BCUT2D eigenvalue weighted by Gasteiger charge is 2.25. The number of aliphatic hydroxyl groups is 1. The fourth-order valence-electron chi connectivity index (χ4n) is 0.692. The number of rotatable bonds is 5. The maximum Gasteiger partial charge on any atom is 0.408 e. The first-order valence-electron chi connectivity index (χ1n) is 3.94. The maximum atomic E-state index is 10.9. The maximum absolute atomic E-state index is 10.9. The van der Waals surface area contributed by atoms with Gasteiger partial charge in [0.05, 0.1) is 6.10 Å². The molecule has 80 valence electrons. The van der Waals surface area contributed by atoms with Gasteiger partial charge in [-0.25, -0.2) is 9.59 Å². The number of carboxylic acid groups (broad SMARTS) is 1. The molecule has 6 nitrogen and oxygen atoms in total. The molecule has 0 aromatic heterocycles. The van der Waals surface area contributed by atoms with Crippen LogP contribution in [0.5, 0.6) is 0 Å². The summed E-state index contributed by atoms with van der Waals surface area (Å²) in [6, 6.07) is -1.37. The lowest BCUT2D eigenvalue weighted by molar-refractivity contribution is -0.141. The molecule has 1 amide bonds.